The lowest BCUT2D eigenvalue weighted by molar-refractivity contribution is 0.0529. The van der Waals surface area contributed by atoms with E-state index < -0.39 is 11.7 Å². The Hall–Kier alpha value is -2.28. The van der Waals surface area contributed by atoms with Crippen molar-refractivity contribution in [2.45, 2.75) is 45.3 Å². The van der Waals surface area contributed by atoms with E-state index in [-0.39, 0.29) is 0 Å². The summed E-state index contributed by atoms with van der Waals surface area (Å²) < 4.78 is 5.23. The quantitative estimate of drug-likeness (QED) is 0.379. The van der Waals surface area contributed by atoms with Crippen molar-refractivity contribution in [1.82, 2.24) is 20.9 Å². The number of nitrogens with zero attached hydrogens (tertiary/aromatic N) is 2. The van der Waals surface area contributed by atoms with Crippen LogP contribution < -0.4 is 16.0 Å². The number of nitrogens with one attached hydrogen (secondary N) is 3. The standard InChI is InChI=1S/C21H35N5O2/c1-21(2,3)28-20(27)24-13-12-23-19(22-4)25-16-18(26-14-8-9-15-26)17-10-6-5-7-11-17/h5-7,10-11,18H,8-9,12-16H2,1-4H3,(H,24,27)(H2,22,23,25). The zero-order valence-corrected chi connectivity index (χ0v) is 17.6. The van der Waals surface area contributed by atoms with Crippen LogP contribution in [0.4, 0.5) is 4.79 Å². The van der Waals surface area contributed by atoms with Crippen LogP contribution in [-0.2, 0) is 4.74 Å². The minimum absolute atomic E-state index is 0.321. The Labute approximate surface area is 168 Å². The smallest absolute Gasteiger partial charge is 0.407 e. The second-order valence-corrected chi connectivity index (χ2v) is 7.98. The van der Waals surface area contributed by atoms with Crippen LogP contribution >= 0.6 is 0 Å². The molecule has 1 atom stereocenters. The summed E-state index contributed by atoms with van der Waals surface area (Å²) in [6, 6.07) is 10.9. The molecule has 0 aromatic heterocycles. The molecular weight excluding hydrogens is 354 g/mol. The maximum Gasteiger partial charge on any atom is 0.407 e. The van der Waals surface area contributed by atoms with E-state index in [1.807, 2.05) is 20.8 Å². The number of aliphatic imine (C=N–C) groups is 1. The van der Waals surface area contributed by atoms with Gasteiger partial charge in [-0.25, -0.2) is 4.79 Å². The van der Waals surface area contributed by atoms with Gasteiger partial charge in [-0.2, -0.15) is 0 Å². The van der Waals surface area contributed by atoms with Gasteiger partial charge in [-0.05, 0) is 52.3 Å². The molecule has 1 aliphatic heterocycles. The number of likely N-dealkylation sites (tertiary alicyclic amines) is 1. The molecule has 0 spiro atoms. The molecular formula is C21H35N5O2. The number of amides is 1. The summed E-state index contributed by atoms with van der Waals surface area (Å²) in [5.41, 5.74) is 0.830. The molecule has 1 aliphatic rings. The minimum atomic E-state index is -0.489. The van der Waals surface area contributed by atoms with E-state index in [1.54, 1.807) is 7.05 Å². The third kappa shape index (κ3) is 7.76. The lowest BCUT2D eigenvalue weighted by atomic mass is 10.1. The van der Waals surface area contributed by atoms with Gasteiger partial charge in [0.05, 0.1) is 6.04 Å². The van der Waals surface area contributed by atoms with Crippen molar-refractivity contribution < 1.29 is 9.53 Å². The fraction of sp³-hybridized carbons (Fsp3) is 0.619. The lowest BCUT2D eigenvalue weighted by Gasteiger charge is -2.29. The summed E-state index contributed by atoms with van der Waals surface area (Å²) in [7, 11) is 1.75. The molecule has 1 saturated heterocycles. The van der Waals surface area contributed by atoms with Crippen molar-refractivity contribution in [2.75, 3.05) is 39.8 Å². The number of carbonyl (C=O) groups is 1. The van der Waals surface area contributed by atoms with Crippen LogP contribution in [0.25, 0.3) is 0 Å². The molecule has 28 heavy (non-hydrogen) atoms. The molecule has 0 radical (unpaired) electrons. The van der Waals surface area contributed by atoms with Gasteiger partial charge >= 0.3 is 6.09 Å². The van der Waals surface area contributed by atoms with Crippen molar-refractivity contribution in [3.8, 4) is 0 Å². The Kier molecular flexibility index (Phi) is 8.57. The average molecular weight is 390 g/mol. The third-order valence-corrected chi connectivity index (χ3v) is 4.54. The number of ether oxygens (including phenoxy) is 1. The van der Waals surface area contributed by atoms with Crippen LogP contribution in [0.1, 0.15) is 45.2 Å². The number of carbonyl (C=O) groups excluding carboxylic acids is 1. The molecule has 0 saturated carbocycles. The molecule has 3 N–H and O–H groups in total. The minimum Gasteiger partial charge on any atom is -0.444 e. The molecule has 2 rings (SSSR count). The molecule has 1 heterocycles. The zero-order chi connectivity index (χ0) is 20.4. The SMILES string of the molecule is CN=C(NCCNC(=O)OC(C)(C)C)NCC(c1ccccc1)N1CCCC1. The first-order valence-electron chi connectivity index (χ1n) is 10.1. The van der Waals surface area contributed by atoms with Gasteiger partial charge < -0.3 is 20.7 Å². The van der Waals surface area contributed by atoms with E-state index >= 15 is 0 Å². The van der Waals surface area contributed by atoms with E-state index in [0.717, 1.165) is 25.6 Å². The van der Waals surface area contributed by atoms with Crippen LogP contribution in [0, 0.1) is 0 Å². The summed E-state index contributed by atoms with van der Waals surface area (Å²) in [5, 5.41) is 9.40. The monoisotopic (exact) mass is 389 g/mol. The summed E-state index contributed by atoms with van der Waals surface area (Å²) in [6.07, 6.45) is 2.11. The first-order chi connectivity index (χ1) is 13.4. The number of benzene rings is 1. The number of hydrogen-bond acceptors (Lipinski definition) is 4. The highest BCUT2D eigenvalue weighted by molar-refractivity contribution is 5.79. The topological polar surface area (TPSA) is 78.0 Å². The first kappa shape index (κ1) is 22.0. The van der Waals surface area contributed by atoms with Crippen LogP contribution in [0.5, 0.6) is 0 Å². The molecule has 1 aromatic rings. The van der Waals surface area contributed by atoms with E-state index in [2.05, 4.69) is 56.2 Å². The van der Waals surface area contributed by atoms with Gasteiger partial charge in [0, 0.05) is 26.7 Å². The highest BCUT2D eigenvalue weighted by Crippen LogP contribution is 2.24. The maximum atomic E-state index is 11.7. The molecule has 0 bridgehead atoms. The number of rotatable bonds is 7. The summed E-state index contributed by atoms with van der Waals surface area (Å²) in [4.78, 5) is 18.5. The number of guanidine groups is 1. The Morgan fingerprint density at radius 3 is 2.36 bits per heavy atom. The van der Waals surface area contributed by atoms with Crippen molar-refractivity contribution in [3.05, 3.63) is 35.9 Å². The molecule has 7 nitrogen and oxygen atoms in total. The fourth-order valence-corrected chi connectivity index (χ4v) is 3.26. The van der Waals surface area contributed by atoms with Crippen molar-refractivity contribution in [1.29, 1.82) is 0 Å². The molecule has 1 aromatic carbocycles. The Balaban J connectivity index is 1.78. The number of hydrogen-bond donors (Lipinski definition) is 3. The van der Waals surface area contributed by atoms with Gasteiger partial charge in [0.15, 0.2) is 5.96 Å². The first-order valence-corrected chi connectivity index (χ1v) is 10.1. The largest absolute Gasteiger partial charge is 0.444 e. The van der Waals surface area contributed by atoms with E-state index in [0.29, 0.717) is 19.1 Å². The van der Waals surface area contributed by atoms with Crippen LogP contribution in [-0.4, -0.2) is 62.3 Å². The summed E-state index contributed by atoms with van der Waals surface area (Å²) >= 11 is 0. The van der Waals surface area contributed by atoms with Crippen molar-refractivity contribution >= 4 is 12.1 Å². The third-order valence-electron chi connectivity index (χ3n) is 4.54. The van der Waals surface area contributed by atoms with Crippen LogP contribution in [0.15, 0.2) is 35.3 Å². The number of alkyl carbamates (subject to hydrolysis) is 1. The molecule has 156 valence electrons. The second kappa shape index (κ2) is 10.9. The molecule has 0 aliphatic carbocycles. The highest BCUT2D eigenvalue weighted by Gasteiger charge is 2.23. The molecule has 1 fully saturated rings. The van der Waals surface area contributed by atoms with Crippen molar-refractivity contribution in [2.24, 2.45) is 4.99 Å². The molecule has 7 heteroatoms. The molecule has 1 unspecified atom stereocenters. The van der Waals surface area contributed by atoms with Gasteiger partial charge in [-0.3, -0.25) is 9.89 Å². The average Bonchev–Trinajstić information content (AvgIpc) is 3.17. The lowest BCUT2D eigenvalue weighted by Crippen LogP contribution is -2.45. The van der Waals surface area contributed by atoms with Gasteiger partial charge in [-0.15, -0.1) is 0 Å². The van der Waals surface area contributed by atoms with Gasteiger partial charge in [0.1, 0.15) is 5.60 Å². The Morgan fingerprint density at radius 2 is 1.75 bits per heavy atom. The van der Waals surface area contributed by atoms with Crippen LogP contribution in [0.2, 0.25) is 0 Å². The van der Waals surface area contributed by atoms with E-state index in [4.69, 9.17) is 4.74 Å². The van der Waals surface area contributed by atoms with E-state index in [1.165, 1.54) is 18.4 Å². The zero-order valence-electron chi connectivity index (χ0n) is 17.6. The predicted molar refractivity (Wildman–Crippen MR) is 114 cm³/mol. The van der Waals surface area contributed by atoms with E-state index in [9.17, 15) is 4.79 Å². The normalized spacial score (nSPS) is 16.5. The Bertz CT molecular complexity index is 621. The second-order valence-electron chi connectivity index (χ2n) is 7.98. The Morgan fingerprint density at radius 1 is 1.11 bits per heavy atom. The van der Waals surface area contributed by atoms with Gasteiger partial charge in [0.2, 0.25) is 0 Å². The van der Waals surface area contributed by atoms with Crippen LogP contribution in [0.3, 0.4) is 0 Å². The van der Waals surface area contributed by atoms with Crippen molar-refractivity contribution in [3.63, 3.8) is 0 Å². The summed E-state index contributed by atoms with van der Waals surface area (Å²) in [6.45, 7) is 9.62. The maximum absolute atomic E-state index is 11.7. The highest BCUT2D eigenvalue weighted by atomic mass is 16.6. The predicted octanol–water partition coefficient (Wildman–Crippen LogP) is 2.51. The van der Waals surface area contributed by atoms with Gasteiger partial charge in [-0.1, -0.05) is 30.3 Å². The fourth-order valence-electron chi connectivity index (χ4n) is 3.26. The summed E-state index contributed by atoms with van der Waals surface area (Å²) in [5.74, 6) is 0.728. The molecule has 1 amide bonds. The van der Waals surface area contributed by atoms with Gasteiger partial charge in [0.25, 0.3) is 0 Å².